The fourth-order valence-electron chi connectivity index (χ4n) is 2.89. The Morgan fingerprint density at radius 1 is 1.08 bits per heavy atom. The van der Waals surface area contributed by atoms with Gasteiger partial charge in [0.25, 0.3) is 0 Å². The van der Waals surface area contributed by atoms with Gasteiger partial charge in [0.05, 0.1) is 22.9 Å². The lowest BCUT2D eigenvalue weighted by molar-refractivity contribution is 0.213. The first-order valence-electron chi connectivity index (χ1n) is 7.97. The van der Waals surface area contributed by atoms with Gasteiger partial charge in [-0.25, -0.2) is 4.98 Å². The van der Waals surface area contributed by atoms with Crippen LogP contribution in [-0.2, 0) is 4.84 Å². The van der Waals surface area contributed by atoms with E-state index in [1.165, 1.54) is 0 Å². The number of rotatable bonds is 4. The molecule has 25 heavy (non-hydrogen) atoms. The van der Waals surface area contributed by atoms with E-state index >= 15 is 0 Å². The number of benzene rings is 2. The summed E-state index contributed by atoms with van der Waals surface area (Å²) in [6.45, 7) is 1.91. The highest BCUT2D eigenvalue weighted by Gasteiger charge is 2.11. The van der Waals surface area contributed by atoms with Crippen LogP contribution in [0.25, 0.3) is 21.9 Å². The molecule has 0 aliphatic carbocycles. The molecule has 0 spiro atoms. The number of para-hydroxylation sites is 1. The lowest BCUT2D eigenvalue weighted by atomic mass is 10.1. The van der Waals surface area contributed by atoms with Crippen LogP contribution in [0.4, 0.5) is 11.5 Å². The zero-order valence-corrected chi connectivity index (χ0v) is 14.0. The Morgan fingerprint density at radius 2 is 1.96 bits per heavy atom. The van der Waals surface area contributed by atoms with Crippen molar-refractivity contribution in [3.63, 3.8) is 0 Å². The molecule has 2 aromatic heterocycles. The van der Waals surface area contributed by atoms with Gasteiger partial charge in [-0.15, -0.1) is 0 Å². The summed E-state index contributed by atoms with van der Waals surface area (Å²) in [5, 5.41) is 9.33. The van der Waals surface area contributed by atoms with Crippen molar-refractivity contribution in [1.82, 2.24) is 4.98 Å². The number of pyridine rings is 1. The summed E-state index contributed by atoms with van der Waals surface area (Å²) in [7, 11) is 1.54. The number of hydrogen-bond acceptors (Lipinski definition) is 5. The molecule has 4 rings (SSSR count). The average molecular weight is 331 g/mol. The minimum atomic E-state index is 0.765. The van der Waals surface area contributed by atoms with E-state index in [9.17, 15) is 0 Å². The van der Waals surface area contributed by atoms with Crippen molar-refractivity contribution in [2.24, 2.45) is 5.16 Å². The van der Waals surface area contributed by atoms with E-state index in [0.29, 0.717) is 0 Å². The van der Waals surface area contributed by atoms with Gasteiger partial charge in [-0.1, -0.05) is 29.4 Å². The van der Waals surface area contributed by atoms with Crippen molar-refractivity contribution < 1.29 is 9.25 Å². The van der Waals surface area contributed by atoms with Crippen LogP contribution < -0.4 is 5.32 Å². The van der Waals surface area contributed by atoms with Crippen molar-refractivity contribution in [2.45, 2.75) is 6.92 Å². The summed E-state index contributed by atoms with van der Waals surface area (Å²) in [6, 6.07) is 17.9. The fraction of sp³-hybridized carbons (Fsp3) is 0.100. The number of furan rings is 1. The molecule has 4 aromatic rings. The molecule has 0 fully saturated rings. The van der Waals surface area contributed by atoms with E-state index < -0.39 is 0 Å². The molecule has 5 heteroatoms. The monoisotopic (exact) mass is 331 g/mol. The molecule has 0 atom stereocenters. The van der Waals surface area contributed by atoms with Gasteiger partial charge in [0, 0.05) is 16.6 Å². The minimum absolute atomic E-state index is 0.765. The molecule has 2 aromatic carbocycles. The predicted molar refractivity (Wildman–Crippen MR) is 100 cm³/mol. The van der Waals surface area contributed by atoms with Gasteiger partial charge in [-0.3, -0.25) is 0 Å². The molecule has 0 aliphatic heterocycles. The van der Waals surface area contributed by atoms with Crippen LogP contribution in [0.2, 0.25) is 0 Å². The summed E-state index contributed by atoms with van der Waals surface area (Å²) in [6.07, 6.45) is 1.69. The van der Waals surface area contributed by atoms with Gasteiger partial charge in [0.1, 0.15) is 18.5 Å². The molecule has 1 N–H and O–H groups in total. The van der Waals surface area contributed by atoms with E-state index in [1.807, 2.05) is 61.5 Å². The number of oxime groups is 1. The maximum absolute atomic E-state index is 5.69. The quantitative estimate of drug-likeness (QED) is 0.418. The minimum Gasteiger partial charge on any atom is -0.463 e. The molecular weight excluding hydrogens is 314 g/mol. The number of nitrogens with zero attached hydrogens (tertiary/aromatic N) is 2. The first-order valence-corrected chi connectivity index (χ1v) is 7.97. The average Bonchev–Trinajstić information content (AvgIpc) is 3.13. The van der Waals surface area contributed by atoms with Crippen LogP contribution in [0.15, 0.2) is 70.4 Å². The largest absolute Gasteiger partial charge is 0.463 e. The van der Waals surface area contributed by atoms with Crippen molar-refractivity contribution in [1.29, 1.82) is 0 Å². The summed E-state index contributed by atoms with van der Waals surface area (Å²) >= 11 is 0. The number of aromatic nitrogens is 1. The van der Waals surface area contributed by atoms with Gasteiger partial charge >= 0.3 is 0 Å². The topological polar surface area (TPSA) is 59.6 Å². The van der Waals surface area contributed by atoms with Crippen molar-refractivity contribution >= 4 is 39.1 Å². The van der Waals surface area contributed by atoms with Gasteiger partial charge in [-0.05, 0) is 37.3 Å². The van der Waals surface area contributed by atoms with Gasteiger partial charge in [-0.2, -0.15) is 0 Å². The molecule has 2 heterocycles. The highest BCUT2D eigenvalue weighted by molar-refractivity contribution is 6.07. The van der Waals surface area contributed by atoms with Crippen LogP contribution in [0, 0.1) is 0 Å². The second-order valence-corrected chi connectivity index (χ2v) is 5.71. The highest BCUT2D eigenvalue weighted by atomic mass is 16.6. The molecule has 0 radical (unpaired) electrons. The highest BCUT2D eigenvalue weighted by Crippen LogP contribution is 2.31. The summed E-state index contributed by atoms with van der Waals surface area (Å²) in [5.74, 6) is 0.765. The Kier molecular flexibility index (Phi) is 3.82. The molecule has 5 nitrogen and oxygen atoms in total. The van der Waals surface area contributed by atoms with Crippen LogP contribution in [0.5, 0.6) is 0 Å². The molecule has 124 valence electrons. The Balaban J connectivity index is 1.79. The molecule has 0 aliphatic rings. The van der Waals surface area contributed by atoms with E-state index in [-0.39, 0.29) is 0 Å². The van der Waals surface area contributed by atoms with Gasteiger partial charge < -0.3 is 14.6 Å². The second kappa shape index (κ2) is 6.28. The van der Waals surface area contributed by atoms with Crippen LogP contribution in [0.3, 0.4) is 0 Å². The molecule has 0 saturated carbocycles. The lowest BCUT2D eigenvalue weighted by Gasteiger charge is -2.10. The van der Waals surface area contributed by atoms with Gasteiger partial charge in [0.2, 0.25) is 0 Å². The third-order valence-electron chi connectivity index (χ3n) is 4.07. The maximum atomic E-state index is 5.69. The molecule has 0 bridgehead atoms. The number of nitrogens with one attached hydrogen (secondary N) is 1. The number of fused-ring (bicyclic) bond motifs is 3. The standard InChI is InChI=1S/C20H17N3O2/c1-13(23-24-2)14-6-5-7-15(12-14)21-20-17-10-11-25-19(17)16-8-3-4-9-18(16)22-20/h3-12H,1-2H3,(H,21,22)/b23-13+. The molecular formula is C20H17N3O2. The Hall–Kier alpha value is -3.34. The fourth-order valence-corrected chi connectivity index (χ4v) is 2.89. The lowest BCUT2D eigenvalue weighted by Crippen LogP contribution is -1.99. The van der Waals surface area contributed by atoms with E-state index in [2.05, 4.69) is 10.5 Å². The van der Waals surface area contributed by atoms with Gasteiger partial charge in [0.15, 0.2) is 0 Å². The maximum Gasteiger partial charge on any atom is 0.146 e. The molecule has 0 amide bonds. The van der Waals surface area contributed by atoms with E-state index in [1.54, 1.807) is 13.4 Å². The van der Waals surface area contributed by atoms with Crippen molar-refractivity contribution in [2.75, 3.05) is 12.4 Å². The molecule has 0 saturated heterocycles. The summed E-state index contributed by atoms with van der Waals surface area (Å²) in [4.78, 5) is 9.61. The first kappa shape index (κ1) is 15.2. The van der Waals surface area contributed by atoms with Crippen molar-refractivity contribution in [3.8, 4) is 0 Å². The number of anilines is 2. The van der Waals surface area contributed by atoms with E-state index in [0.717, 1.165) is 44.7 Å². The van der Waals surface area contributed by atoms with Crippen LogP contribution in [-0.4, -0.2) is 17.8 Å². The van der Waals surface area contributed by atoms with E-state index in [4.69, 9.17) is 14.2 Å². The second-order valence-electron chi connectivity index (χ2n) is 5.71. The van der Waals surface area contributed by atoms with Crippen LogP contribution >= 0.6 is 0 Å². The predicted octanol–water partition coefficient (Wildman–Crippen LogP) is 5.10. The van der Waals surface area contributed by atoms with Crippen molar-refractivity contribution in [3.05, 3.63) is 66.4 Å². The summed E-state index contributed by atoms with van der Waals surface area (Å²) < 4.78 is 5.69. The first-order chi connectivity index (χ1) is 12.3. The zero-order valence-electron chi connectivity index (χ0n) is 14.0. The third-order valence-corrected chi connectivity index (χ3v) is 4.07. The molecule has 0 unspecified atom stereocenters. The normalized spacial score (nSPS) is 11.8. The third kappa shape index (κ3) is 2.80. The SMILES string of the molecule is CO/N=C(\C)c1cccc(Nc2nc3ccccc3c3occc23)c1. The Morgan fingerprint density at radius 3 is 2.84 bits per heavy atom. The Bertz CT molecular complexity index is 1080. The Labute approximate surface area is 144 Å². The van der Waals surface area contributed by atoms with Crippen LogP contribution in [0.1, 0.15) is 12.5 Å². The smallest absolute Gasteiger partial charge is 0.146 e. The number of hydrogen-bond donors (Lipinski definition) is 1. The zero-order chi connectivity index (χ0) is 17.2. The summed E-state index contributed by atoms with van der Waals surface area (Å²) in [5.41, 5.74) is 4.44.